The molecule has 2 N–H and O–H groups in total. The van der Waals surface area contributed by atoms with Crippen LogP contribution in [0.15, 0.2) is 48.7 Å². The second-order valence-electron chi connectivity index (χ2n) is 4.73. The summed E-state index contributed by atoms with van der Waals surface area (Å²) >= 11 is 5.19. The number of aromatic nitrogens is 2. The van der Waals surface area contributed by atoms with Gasteiger partial charge in [0.2, 0.25) is 0 Å². The second-order valence-corrected chi connectivity index (χ2v) is 5.17. The van der Waals surface area contributed by atoms with Crippen LogP contribution >= 0.6 is 12.2 Å². The van der Waals surface area contributed by atoms with Crippen LogP contribution in [-0.4, -0.2) is 21.5 Å². The van der Waals surface area contributed by atoms with Crippen molar-refractivity contribution >= 4 is 22.9 Å². The van der Waals surface area contributed by atoms with Gasteiger partial charge in [-0.05, 0) is 29.8 Å². The zero-order valence-electron chi connectivity index (χ0n) is 11.6. The SMILES string of the molecule is COc1cccc(Cc2nc3ccccn3c2C(N)=S)c1. The van der Waals surface area contributed by atoms with Gasteiger partial charge in [-0.25, -0.2) is 4.98 Å². The van der Waals surface area contributed by atoms with Gasteiger partial charge in [0.1, 0.15) is 22.1 Å². The third-order valence-electron chi connectivity index (χ3n) is 3.34. The molecule has 21 heavy (non-hydrogen) atoms. The highest BCUT2D eigenvalue weighted by Crippen LogP contribution is 2.19. The summed E-state index contributed by atoms with van der Waals surface area (Å²) in [5.41, 5.74) is 9.50. The van der Waals surface area contributed by atoms with Crippen molar-refractivity contribution in [2.75, 3.05) is 7.11 Å². The van der Waals surface area contributed by atoms with E-state index in [0.717, 1.165) is 28.3 Å². The van der Waals surface area contributed by atoms with Crippen LogP contribution in [0.3, 0.4) is 0 Å². The van der Waals surface area contributed by atoms with E-state index in [9.17, 15) is 0 Å². The fraction of sp³-hybridized carbons (Fsp3) is 0.125. The predicted molar refractivity (Wildman–Crippen MR) is 86.9 cm³/mol. The third-order valence-corrected chi connectivity index (χ3v) is 3.53. The summed E-state index contributed by atoms with van der Waals surface area (Å²) in [5.74, 6) is 0.827. The highest BCUT2D eigenvalue weighted by Gasteiger charge is 2.14. The van der Waals surface area contributed by atoms with Gasteiger partial charge in [0.15, 0.2) is 0 Å². The van der Waals surface area contributed by atoms with Gasteiger partial charge in [0.25, 0.3) is 0 Å². The maximum atomic E-state index is 5.88. The van der Waals surface area contributed by atoms with E-state index in [0.29, 0.717) is 11.4 Å². The first-order valence-electron chi connectivity index (χ1n) is 6.57. The Bertz CT molecular complexity index is 810. The summed E-state index contributed by atoms with van der Waals surface area (Å²) in [6.45, 7) is 0. The van der Waals surface area contributed by atoms with E-state index in [4.69, 9.17) is 22.7 Å². The molecule has 0 unspecified atom stereocenters. The predicted octanol–water partition coefficient (Wildman–Crippen LogP) is 2.57. The minimum atomic E-state index is 0.353. The average molecular weight is 297 g/mol. The molecule has 2 heterocycles. The molecule has 0 fully saturated rings. The minimum absolute atomic E-state index is 0.353. The van der Waals surface area contributed by atoms with E-state index >= 15 is 0 Å². The molecule has 5 heteroatoms. The van der Waals surface area contributed by atoms with E-state index < -0.39 is 0 Å². The van der Waals surface area contributed by atoms with Gasteiger partial charge in [0.05, 0.1) is 12.8 Å². The maximum absolute atomic E-state index is 5.88. The number of benzene rings is 1. The van der Waals surface area contributed by atoms with E-state index in [1.54, 1.807) is 7.11 Å². The number of methoxy groups -OCH3 is 1. The quantitative estimate of drug-likeness (QED) is 0.752. The molecule has 0 atom stereocenters. The molecule has 1 aromatic carbocycles. The van der Waals surface area contributed by atoms with Crippen molar-refractivity contribution in [1.82, 2.24) is 9.38 Å². The standard InChI is InChI=1S/C16H15N3OS/c1-20-12-6-4-5-11(9-12)10-13-15(16(17)21)19-8-3-2-7-14(19)18-13/h2-9H,10H2,1H3,(H2,17,21). The fourth-order valence-electron chi connectivity index (χ4n) is 2.40. The van der Waals surface area contributed by atoms with Crippen molar-refractivity contribution in [2.45, 2.75) is 6.42 Å². The summed E-state index contributed by atoms with van der Waals surface area (Å²) in [7, 11) is 1.66. The normalized spacial score (nSPS) is 10.7. The van der Waals surface area contributed by atoms with Crippen molar-refractivity contribution in [3.63, 3.8) is 0 Å². The Balaban J connectivity index is 2.07. The molecule has 0 spiro atoms. The molecule has 0 saturated heterocycles. The molecular formula is C16H15N3OS. The maximum Gasteiger partial charge on any atom is 0.137 e. The minimum Gasteiger partial charge on any atom is -0.497 e. The van der Waals surface area contributed by atoms with E-state index in [-0.39, 0.29) is 0 Å². The molecule has 0 aliphatic heterocycles. The van der Waals surface area contributed by atoms with Crippen molar-refractivity contribution in [1.29, 1.82) is 0 Å². The molecule has 106 valence electrons. The fourth-order valence-corrected chi connectivity index (χ4v) is 2.62. The van der Waals surface area contributed by atoms with Gasteiger partial charge in [-0.15, -0.1) is 0 Å². The van der Waals surface area contributed by atoms with Gasteiger partial charge < -0.3 is 10.5 Å². The molecule has 0 aliphatic carbocycles. The molecule has 4 nitrogen and oxygen atoms in total. The van der Waals surface area contributed by atoms with Gasteiger partial charge in [-0.2, -0.15) is 0 Å². The number of hydrogen-bond donors (Lipinski definition) is 1. The molecule has 0 saturated carbocycles. The van der Waals surface area contributed by atoms with Gasteiger partial charge in [-0.3, -0.25) is 4.40 Å². The molecule has 0 aliphatic rings. The van der Waals surface area contributed by atoms with Crippen molar-refractivity contribution in [3.8, 4) is 5.75 Å². The lowest BCUT2D eigenvalue weighted by molar-refractivity contribution is 0.414. The first-order valence-corrected chi connectivity index (χ1v) is 6.98. The number of thiocarbonyl (C=S) groups is 1. The Morgan fingerprint density at radius 1 is 1.29 bits per heavy atom. The van der Waals surface area contributed by atoms with E-state index in [1.807, 2.05) is 53.1 Å². The van der Waals surface area contributed by atoms with Crippen LogP contribution in [0, 0.1) is 0 Å². The number of imidazole rings is 1. The third kappa shape index (κ3) is 2.60. The smallest absolute Gasteiger partial charge is 0.137 e. The number of hydrogen-bond acceptors (Lipinski definition) is 3. The molecule has 2 aromatic heterocycles. The molecule has 0 amide bonds. The van der Waals surface area contributed by atoms with E-state index in [2.05, 4.69) is 4.98 Å². The number of pyridine rings is 1. The Kier molecular flexibility index (Phi) is 3.58. The van der Waals surface area contributed by atoms with Crippen LogP contribution in [0.5, 0.6) is 5.75 Å². The first-order chi connectivity index (χ1) is 10.2. The lowest BCUT2D eigenvalue weighted by atomic mass is 10.1. The van der Waals surface area contributed by atoms with Gasteiger partial charge in [0, 0.05) is 12.6 Å². The highest BCUT2D eigenvalue weighted by molar-refractivity contribution is 7.80. The summed E-state index contributed by atoms with van der Waals surface area (Å²) in [5, 5.41) is 0. The van der Waals surface area contributed by atoms with Gasteiger partial charge >= 0.3 is 0 Å². The number of nitrogens with zero attached hydrogens (tertiary/aromatic N) is 2. The number of nitrogens with two attached hydrogens (primary N) is 1. The zero-order valence-corrected chi connectivity index (χ0v) is 12.4. The number of rotatable bonds is 4. The zero-order chi connectivity index (χ0) is 14.8. The van der Waals surface area contributed by atoms with Crippen LogP contribution in [-0.2, 0) is 6.42 Å². The Labute approximate surface area is 128 Å². The van der Waals surface area contributed by atoms with Crippen molar-refractivity contribution in [3.05, 3.63) is 65.6 Å². The van der Waals surface area contributed by atoms with Crippen LogP contribution in [0.25, 0.3) is 5.65 Å². The molecular weight excluding hydrogens is 282 g/mol. The number of ether oxygens (including phenoxy) is 1. The molecule has 3 rings (SSSR count). The highest BCUT2D eigenvalue weighted by atomic mass is 32.1. The summed E-state index contributed by atoms with van der Waals surface area (Å²) in [6, 6.07) is 13.7. The van der Waals surface area contributed by atoms with Crippen LogP contribution in [0.2, 0.25) is 0 Å². The van der Waals surface area contributed by atoms with E-state index in [1.165, 1.54) is 0 Å². The summed E-state index contributed by atoms with van der Waals surface area (Å²) in [6.07, 6.45) is 2.58. The Hall–Kier alpha value is -2.40. The van der Waals surface area contributed by atoms with Crippen LogP contribution in [0.1, 0.15) is 17.0 Å². The topological polar surface area (TPSA) is 52.5 Å². The van der Waals surface area contributed by atoms with Crippen LogP contribution in [0.4, 0.5) is 0 Å². The Morgan fingerprint density at radius 3 is 2.90 bits per heavy atom. The lowest BCUT2D eigenvalue weighted by Crippen LogP contribution is -2.14. The lowest BCUT2D eigenvalue weighted by Gasteiger charge is -2.05. The molecule has 0 bridgehead atoms. The largest absolute Gasteiger partial charge is 0.497 e. The number of fused-ring (bicyclic) bond motifs is 1. The second kappa shape index (κ2) is 5.54. The summed E-state index contributed by atoms with van der Waals surface area (Å²) in [4.78, 5) is 4.99. The van der Waals surface area contributed by atoms with Crippen molar-refractivity contribution in [2.24, 2.45) is 5.73 Å². The molecule has 3 aromatic rings. The monoisotopic (exact) mass is 297 g/mol. The van der Waals surface area contributed by atoms with Crippen molar-refractivity contribution < 1.29 is 4.74 Å². The Morgan fingerprint density at radius 2 is 2.14 bits per heavy atom. The van der Waals surface area contributed by atoms with Crippen LogP contribution < -0.4 is 10.5 Å². The average Bonchev–Trinajstić information content (AvgIpc) is 2.85. The summed E-state index contributed by atoms with van der Waals surface area (Å²) < 4.78 is 7.18. The molecule has 0 radical (unpaired) electrons. The van der Waals surface area contributed by atoms with Gasteiger partial charge in [-0.1, -0.05) is 30.4 Å². The first kappa shape index (κ1) is 13.6.